The van der Waals surface area contributed by atoms with Gasteiger partial charge in [-0.25, -0.2) is 0 Å². The highest BCUT2D eigenvalue weighted by Crippen LogP contribution is 2.33. The van der Waals surface area contributed by atoms with Crippen molar-refractivity contribution in [1.29, 1.82) is 0 Å². The van der Waals surface area contributed by atoms with Gasteiger partial charge in [0.15, 0.2) is 0 Å². The fraction of sp³-hybridized carbons (Fsp3) is 0.643. The Labute approximate surface area is 110 Å². The minimum atomic E-state index is -0.0568. The summed E-state index contributed by atoms with van der Waals surface area (Å²) in [5.41, 5.74) is 5.14. The highest BCUT2D eigenvalue weighted by molar-refractivity contribution is 5.26. The van der Waals surface area contributed by atoms with Crippen LogP contribution in [0.1, 0.15) is 44.9 Å². The second-order valence-corrected chi connectivity index (χ2v) is 5.62. The van der Waals surface area contributed by atoms with Crippen molar-refractivity contribution < 1.29 is 4.74 Å². The van der Waals surface area contributed by atoms with E-state index in [1.165, 1.54) is 5.56 Å². The zero-order chi connectivity index (χ0) is 13.8. The normalized spacial score (nSPS) is 15.4. The summed E-state index contributed by atoms with van der Waals surface area (Å²) < 4.78 is 5.90. The predicted molar refractivity (Wildman–Crippen MR) is 73.9 cm³/mol. The van der Waals surface area contributed by atoms with Gasteiger partial charge in [-0.1, -0.05) is 20.8 Å². The largest absolute Gasteiger partial charge is 0.376 e. The number of hydrogen-bond donors (Lipinski definition) is 2. The Morgan fingerprint density at radius 3 is 2.56 bits per heavy atom. The number of ether oxygens (including phenoxy) is 1. The van der Waals surface area contributed by atoms with Gasteiger partial charge in [0, 0.05) is 19.0 Å². The van der Waals surface area contributed by atoms with Gasteiger partial charge in [0.25, 0.3) is 0 Å². The van der Waals surface area contributed by atoms with Crippen LogP contribution in [0.25, 0.3) is 0 Å². The molecule has 0 aliphatic carbocycles. The van der Waals surface area contributed by atoms with Crippen LogP contribution in [-0.2, 0) is 4.74 Å². The lowest BCUT2D eigenvalue weighted by Gasteiger charge is -2.37. The SMILES string of the molecule is CCOC(C(NN)c1cnccc1C)C(C)(C)C. The number of aromatic nitrogens is 1. The molecule has 4 nitrogen and oxygen atoms in total. The predicted octanol–water partition coefficient (Wildman–Crippen LogP) is 2.35. The molecular weight excluding hydrogens is 226 g/mol. The Hall–Kier alpha value is -0.970. The first-order valence-electron chi connectivity index (χ1n) is 6.40. The molecule has 0 spiro atoms. The first-order valence-corrected chi connectivity index (χ1v) is 6.40. The summed E-state index contributed by atoms with van der Waals surface area (Å²) in [6.45, 7) is 11.2. The van der Waals surface area contributed by atoms with E-state index in [2.05, 4.69) is 38.1 Å². The average molecular weight is 251 g/mol. The highest BCUT2D eigenvalue weighted by Gasteiger charge is 2.34. The summed E-state index contributed by atoms with van der Waals surface area (Å²) in [6.07, 6.45) is 3.65. The average Bonchev–Trinajstić information content (AvgIpc) is 2.30. The molecule has 0 saturated carbocycles. The summed E-state index contributed by atoms with van der Waals surface area (Å²) in [4.78, 5) is 4.19. The number of hydrazine groups is 1. The van der Waals surface area contributed by atoms with E-state index in [4.69, 9.17) is 10.6 Å². The summed E-state index contributed by atoms with van der Waals surface area (Å²) in [5.74, 6) is 5.74. The summed E-state index contributed by atoms with van der Waals surface area (Å²) in [7, 11) is 0. The Balaban J connectivity index is 3.10. The topological polar surface area (TPSA) is 60.2 Å². The third-order valence-electron chi connectivity index (χ3n) is 3.10. The van der Waals surface area contributed by atoms with Crippen LogP contribution in [0.15, 0.2) is 18.5 Å². The maximum Gasteiger partial charge on any atom is 0.0831 e. The number of hydrogen-bond acceptors (Lipinski definition) is 4. The molecule has 0 aliphatic rings. The standard InChI is InChI=1S/C14H25N3O/c1-6-18-13(14(3,4)5)12(17-15)11-9-16-8-7-10(11)2/h7-9,12-13,17H,6,15H2,1-5H3. The fourth-order valence-corrected chi connectivity index (χ4v) is 2.17. The molecule has 1 rings (SSSR count). The lowest BCUT2D eigenvalue weighted by atomic mass is 9.81. The quantitative estimate of drug-likeness (QED) is 0.623. The molecule has 0 aromatic carbocycles. The van der Waals surface area contributed by atoms with Crippen LogP contribution in [0, 0.1) is 12.3 Å². The van der Waals surface area contributed by atoms with Crippen LogP contribution in [0.2, 0.25) is 0 Å². The van der Waals surface area contributed by atoms with Gasteiger partial charge < -0.3 is 4.74 Å². The number of nitrogens with one attached hydrogen (secondary N) is 1. The zero-order valence-electron chi connectivity index (χ0n) is 12.0. The van der Waals surface area contributed by atoms with Crippen molar-refractivity contribution >= 4 is 0 Å². The summed E-state index contributed by atoms with van der Waals surface area (Å²) >= 11 is 0. The van der Waals surface area contributed by atoms with Crippen molar-refractivity contribution in [2.75, 3.05) is 6.61 Å². The van der Waals surface area contributed by atoms with E-state index < -0.39 is 0 Å². The summed E-state index contributed by atoms with van der Waals surface area (Å²) in [6, 6.07) is 1.93. The Bertz CT molecular complexity index is 374. The Kier molecular flexibility index (Phi) is 5.26. The third-order valence-corrected chi connectivity index (χ3v) is 3.10. The molecule has 0 radical (unpaired) electrons. The molecule has 0 fully saturated rings. The Morgan fingerprint density at radius 1 is 1.44 bits per heavy atom. The van der Waals surface area contributed by atoms with Gasteiger partial charge in [-0.15, -0.1) is 0 Å². The van der Waals surface area contributed by atoms with Crippen LogP contribution in [0.4, 0.5) is 0 Å². The minimum Gasteiger partial charge on any atom is -0.376 e. The van der Waals surface area contributed by atoms with Crippen molar-refractivity contribution in [2.24, 2.45) is 11.3 Å². The molecule has 2 unspecified atom stereocenters. The zero-order valence-corrected chi connectivity index (χ0v) is 12.0. The van der Waals surface area contributed by atoms with Crippen molar-refractivity contribution in [3.63, 3.8) is 0 Å². The maximum absolute atomic E-state index is 5.90. The van der Waals surface area contributed by atoms with Gasteiger partial charge in [-0.2, -0.15) is 0 Å². The monoisotopic (exact) mass is 251 g/mol. The molecule has 1 aromatic rings. The van der Waals surface area contributed by atoms with Crippen LogP contribution in [0.5, 0.6) is 0 Å². The first kappa shape index (κ1) is 15.1. The molecule has 3 N–H and O–H groups in total. The van der Waals surface area contributed by atoms with Gasteiger partial charge >= 0.3 is 0 Å². The van der Waals surface area contributed by atoms with E-state index in [1.807, 2.05) is 19.2 Å². The molecule has 4 heteroatoms. The molecule has 0 saturated heterocycles. The molecular formula is C14H25N3O. The van der Waals surface area contributed by atoms with E-state index in [0.717, 1.165) is 5.56 Å². The van der Waals surface area contributed by atoms with Crippen LogP contribution >= 0.6 is 0 Å². The van der Waals surface area contributed by atoms with Crippen molar-refractivity contribution in [3.8, 4) is 0 Å². The molecule has 18 heavy (non-hydrogen) atoms. The Morgan fingerprint density at radius 2 is 2.11 bits per heavy atom. The van der Waals surface area contributed by atoms with Crippen LogP contribution in [0.3, 0.4) is 0 Å². The molecule has 0 bridgehead atoms. The molecule has 0 amide bonds. The number of aryl methyl sites for hydroxylation is 1. The van der Waals surface area contributed by atoms with E-state index >= 15 is 0 Å². The van der Waals surface area contributed by atoms with E-state index in [0.29, 0.717) is 6.61 Å². The van der Waals surface area contributed by atoms with Crippen molar-refractivity contribution in [1.82, 2.24) is 10.4 Å². The first-order chi connectivity index (χ1) is 8.41. The second-order valence-electron chi connectivity index (χ2n) is 5.62. The fourth-order valence-electron chi connectivity index (χ4n) is 2.17. The van der Waals surface area contributed by atoms with Crippen LogP contribution < -0.4 is 11.3 Å². The lowest BCUT2D eigenvalue weighted by molar-refractivity contribution is -0.0368. The highest BCUT2D eigenvalue weighted by atomic mass is 16.5. The summed E-state index contributed by atoms with van der Waals surface area (Å²) in [5, 5.41) is 0. The molecule has 1 heterocycles. The van der Waals surface area contributed by atoms with E-state index in [-0.39, 0.29) is 17.6 Å². The lowest BCUT2D eigenvalue weighted by Crippen LogP contribution is -2.45. The number of nitrogens with two attached hydrogens (primary N) is 1. The van der Waals surface area contributed by atoms with Crippen molar-refractivity contribution in [3.05, 3.63) is 29.6 Å². The number of rotatable bonds is 5. The minimum absolute atomic E-state index is 0.00426. The van der Waals surface area contributed by atoms with Gasteiger partial charge in [0.1, 0.15) is 0 Å². The molecule has 0 aliphatic heterocycles. The van der Waals surface area contributed by atoms with Gasteiger partial charge in [-0.05, 0) is 36.5 Å². The van der Waals surface area contributed by atoms with Gasteiger partial charge in [0.2, 0.25) is 0 Å². The maximum atomic E-state index is 5.90. The van der Waals surface area contributed by atoms with Gasteiger partial charge in [-0.3, -0.25) is 16.3 Å². The smallest absolute Gasteiger partial charge is 0.0831 e. The molecule has 2 atom stereocenters. The van der Waals surface area contributed by atoms with Crippen molar-refractivity contribution in [2.45, 2.75) is 46.8 Å². The second kappa shape index (κ2) is 6.27. The van der Waals surface area contributed by atoms with E-state index in [1.54, 1.807) is 6.20 Å². The number of pyridine rings is 1. The van der Waals surface area contributed by atoms with Crippen LogP contribution in [-0.4, -0.2) is 17.7 Å². The number of nitrogens with zero attached hydrogens (tertiary/aromatic N) is 1. The third kappa shape index (κ3) is 3.51. The van der Waals surface area contributed by atoms with E-state index in [9.17, 15) is 0 Å². The van der Waals surface area contributed by atoms with Gasteiger partial charge in [0.05, 0.1) is 12.1 Å². The molecule has 1 aromatic heterocycles. The molecule has 102 valence electrons.